The van der Waals surface area contributed by atoms with Crippen LogP contribution in [0.5, 0.6) is 0 Å². The molecule has 0 saturated carbocycles. The molecular formula is C24H38O5S2. The van der Waals surface area contributed by atoms with Gasteiger partial charge in [-0.3, -0.25) is 9.59 Å². The number of benzene rings is 1. The fraction of sp³-hybridized carbons (Fsp3) is 0.667. The molecule has 1 aromatic rings. The highest BCUT2D eigenvalue weighted by molar-refractivity contribution is 8.18. The lowest BCUT2D eigenvalue weighted by atomic mass is 9.87. The largest absolute Gasteiger partial charge is 0.465 e. The van der Waals surface area contributed by atoms with Gasteiger partial charge in [0.2, 0.25) is 0 Å². The summed E-state index contributed by atoms with van der Waals surface area (Å²) in [5.74, 6) is -0.661. The van der Waals surface area contributed by atoms with E-state index in [-0.39, 0.29) is 25.2 Å². The van der Waals surface area contributed by atoms with Gasteiger partial charge in [0.15, 0.2) is 5.92 Å². The Balaban J connectivity index is 3.34. The topological polar surface area (TPSA) is 61.8 Å². The van der Waals surface area contributed by atoms with E-state index in [0.717, 1.165) is 24.3 Å². The van der Waals surface area contributed by atoms with Crippen molar-refractivity contribution in [1.82, 2.24) is 0 Å². The van der Waals surface area contributed by atoms with Gasteiger partial charge in [-0.2, -0.15) is 0 Å². The van der Waals surface area contributed by atoms with Gasteiger partial charge in [0.25, 0.3) is 0 Å². The first-order chi connectivity index (χ1) is 14.9. The molecule has 31 heavy (non-hydrogen) atoms. The molecule has 1 rings (SSSR count). The molecule has 0 fully saturated rings. The van der Waals surface area contributed by atoms with Crippen LogP contribution < -0.4 is 0 Å². The van der Waals surface area contributed by atoms with Gasteiger partial charge < -0.3 is 14.2 Å². The zero-order valence-electron chi connectivity index (χ0n) is 19.7. The van der Waals surface area contributed by atoms with E-state index in [1.54, 1.807) is 44.5 Å². The van der Waals surface area contributed by atoms with Crippen LogP contribution in [0, 0.1) is 11.8 Å². The standard InChI is InChI=1S/C24H38O5S2/c1-7-28-22(25)21(23(26)29-8-2)24(30-9-3,31-10-4)18(5)20(27-6)17-16-19-14-12-11-13-15-19/h11-15,18,20-21H,7-10,16-17H2,1-6H3/t18-,20-/m0/s1. The number of carbonyl (C=O) groups is 2. The number of rotatable bonds is 15. The normalized spacial score (nSPS) is 13.6. The fourth-order valence-electron chi connectivity index (χ4n) is 3.85. The number of hydrogen-bond donors (Lipinski definition) is 0. The number of thioether (sulfide) groups is 2. The van der Waals surface area contributed by atoms with Gasteiger partial charge in [-0.05, 0) is 43.8 Å². The third-order valence-electron chi connectivity index (χ3n) is 5.24. The van der Waals surface area contributed by atoms with E-state index in [2.05, 4.69) is 19.1 Å². The summed E-state index contributed by atoms with van der Waals surface area (Å²) in [6.07, 6.45) is 1.51. The lowest BCUT2D eigenvalue weighted by Crippen LogP contribution is -2.51. The average molecular weight is 471 g/mol. The fourth-order valence-corrected chi connectivity index (χ4v) is 7.34. The minimum Gasteiger partial charge on any atom is -0.465 e. The van der Waals surface area contributed by atoms with Gasteiger partial charge in [0.05, 0.1) is 23.4 Å². The van der Waals surface area contributed by atoms with Gasteiger partial charge in [-0.1, -0.05) is 51.1 Å². The van der Waals surface area contributed by atoms with Crippen LogP contribution in [0.2, 0.25) is 0 Å². The molecule has 0 aliphatic carbocycles. The van der Waals surface area contributed by atoms with Crippen molar-refractivity contribution in [3.05, 3.63) is 35.9 Å². The summed E-state index contributed by atoms with van der Waals surface area (Å²) in [5.41, 5.74) is 1.24. The molecule has 0 bridgehead atoms. The molecule has 0 aromatic heterocycles. The summed E-state index contributed by atoms with van der Waals surface area (Å²) in [4.78, 5) is 26.1. The Hall–Kier alpha value is -1.18. The number of methoxy groups -OCH3 is 1. The Labute approximate surface area is 196 Å². The van der Waals surface area contributed by atoms with Crippen molar-refractivity contribution in [2.24, 2.45) is 11.8 Å². The van der Waals surface area contributed by atoms with Crippen LogP contribution in [-0.2, 0) is 30.2 Å². The number of aryl methyl sites for hydroxylation is 1. The summed E-state index contributed by atoms with van der Waals surface area (Å²) in [6.45, 7) is 10.1. The highest BCUT2D eigenvalue weighted by Crippen LogP contribution is 2.52. The van der Waals surface area contributed by atoms with E-state index in [0.29, 0.717) is 0 Å². The van der Waals surface area contributed by atoms with E-state index < -0.39 is 21.9 Å². The van der Waals surface area contributed by atoms with Crippen molar-refractivity contribution in [2.75, 3.05) is 31.8 Å². The van der Waals surface area contributed by atoms with E-state index in [1.807, 2.05) is 32.0 Å². The van der Waals surface area contributed by atoms with Crippen molar-refractivity contribution in [2.45, 2.75) is 57.6 Å². The molecule has 2 atom stereocenters. The highest BCUT2D eigenvalue weighted by Gasteiger charge is 2.55. The quantitative estimate of drug-likeness (QED) is 0.198. The Morgan fingerprint density at radius 2 is 1.45 bits per heavy atom. The van der Waals surface area contributed by atoms with Crippen molar-refractivity contribution >= 4 is 35.5 Å². The Kier molecular flexibility index (Phi) is 13.3. The molecule has 0 aliphatic heterocycles. The molecule has 0 saturated heterocycles. The highest BCUT2D eigenvalue weighted by atomic mass is 32.2. The molecule has 5 nitrogen and oxygen atoms in total. The second-order valence-electron chi connectivity index (χ2n) is 7.11. The number of esters is 2. The van der Waals surface area contributed by atoms with Crippen molar-refractivity contribution in [1.29, 1.82) is 0 Å². The summed E-state index contributed by atoms with van der Waals surface area (Å²) in [6, 6.07) is 10.3. The molecule has 0 heterocycles. The third kappa shape index (κ3) is 7.72. The molecule has 0 spiro atoms. The minimum atomic E-state index is -1.02. The minimum absolute atomic E-state index is 0.102. The smallest absolute Gasteiger partial charge is 0.322 e. The zero-order chi connectivity index (χ0) is 23.3. The Morgan fingerprint density at radius 1 is 0.935 bits per heavy atom. The number of ether oxygens (including phenoxy) is 3. The van der Waals surface area contributed by atoms with Gasteiger partial charge in [0, 0.05) is 13.0 Å². The number of hydrogen-bond acceptors (Lipinski definition) is 7. The van der Waals surface area contributed by atoms with Crippen LogP contribution in [0.15, 0.2) is 30.3 Å². The lowest BCUT2D eigenvalue weighted by molar-refractivity contribution is -0.163. The zero-order valence-corrected chi connectivity index (χ0v) is 21.4. The van der Waals surface area contributed by atoms with Crippen molar-refractivity contribution < 1.29 is 23.8 Å². The Morgan fingerprint density at radius 3 is 1.87 bits per heavy atom. The summed E-state index contributed by atoms with van der Waals surface area (Å²) >= 11 is 3.24. The molecule has 0 amide bonds. The van der Waals surface area contributed by atoms with E-state index >= 15 is 0 Å². The monoisotopic (exact) mass is 470 g/mol. The van der Waals surface area contributed by atoms with Crippen molar-refractivity contribution in [3.8, 4) is 0 Å². The van der Waals surface area contributed by atoms with Crippen LogP contribution >= 0.6 is 23.5 Å². The average Bonchev–Trinajstić information content (AvgIpc) is 2.75. The molecule has 0 N–H and O–H groups in total. The van der Waals surface area contributed by atoms with Gasteiger partial charge in [0.1, 0.15) is 0 Å². The molecular weight excluding hydrogens is 432 g/mol. The molecule has 7 heteroatoms. The van der Waals surface area contributed by atoms with E-state index in [4.69, 9.17) is 14.2 Å². The molecule has 0 aliphatic rings. The first kappa shape index (κ1) is 27.9. The summed E-state index contributed by atoms with van der Waals surface area (Å²) in [5, 5.41) is 0. The van der Waals surface area contributed by atoms with E-state index in [1.165, 1.54) is 5.56 Å². The third-order valence-corrected chi connectivity index (χ3v) is 8.64. The first-order valence-electron chi connectivity index (χ1n) is 11.1. The molecule has 176 valence electrons. The van der Waals surface area contributed by atoms with Gasteiger partial charge >= 0.3 is 11.9 Å². The van der Waals surface area contributed by atoms with Crippen molar-refractivity contribution in [3.63, 3.8) is 0 Å². The molecule has 1 aromatic carbocycles. The SMILES string of the molecule is CCOC(=O)C(C(=O)OCC)C(SCC)(SCC)[C@@H](C)[C@H](CCc1ccccc1)OC. The maximum absolute atomic E-state index is 13.1. The number of carbonyl (C=O) groups excluding carboxylic acids is 2. The lowest BCUT2D eigenvalue weighted by Gasteiger charge is -2.44. The van der Waals surface area contributed by atoms with Gasteiger partial charge in [-0.25, -0.2) is 0 Å². The predicted octanol–water partition coefficient (Wildman–Crippen LogP) is 5.22. The second kappa shape index (κ2) is 14.8. The molecule has 0 unspecified atom stereocenters. The second-order valence-corrected chi connectivity index (χ2v) is 10.5. The van der Waals surface area contributed by atoms with E-state index in [9.17, 15) is 9.59 Å². The van der Waals surface area contributed by atoms with Crippen LogP contribution in [0.4, 0.5) is 0 Å². The summed E-state index contributed by atoms with van der Waals surface area (Å²) in [7, 11) is 1.70. The maximum Gasteiger partial charge on any atom is 0.322 e. The maximum atomic E-state index is 13.1. The van der Waals surface area contributed by atoms with Crippen LogP contribution in [0.3, 0.4) is 0 Å². The first-order valence-corrected chi connectivity index (χ1v) is 13.1. The van der Waals surface area contributed by atoms with Crippen LogP contribution in [0.25, 0.3) is 0 Å². The van der Waals surface area contributed by atoms with Gasteiger partial charge in [-0.15, -0.1) is 23.5 Å². The summed E-state index contributed by atoms with van der Waals surface area (Å²) < 4.78 is 15.9. The molecule has 0 radical (unpaired) electrons. The Bertz CT molecular complexity index is 629. The van der Waals surface area contributed by atoms with Crippen LogP contribution in [0.1, 0.15) is 46.6 Å². The predicted molar refractivity (Wildman–Crippen MR) is 130 cm³/mol. The van der Waals surface area contributed by atoms with Crippen LogP contribution in [-0.4, -0.2) is 54.0 Å².